The number of rotatable bonds is 0. The fourth-order valence-electron chi connectivity index (χ4n) is 1.14. The van der Waals surface area contributed by atoms with E-state index >= 15 is 0 Å². The maximum Gasteiger partial charge on any atom is 0.163 e. The van der Waals surface area contributed by atoms with Crippen molar-refractivity contribution < 1.29 is 0 Å². The van der Waals surface area contributed by atoms with Gasteiger partial charge in [0.15, 0.2) is 6.08 Å². The Bertz CT molecular complexity index is 245. The summed E-state index contributed by atoms with van der Waals surface area (Å²) in [5, 5.41) is 0. The molecule has 0 nitrogen and oxygen atoms in total. The fourth-order valence-corrected chi connectivity index (χ4v) is 1.14. The lowest BCUT2D eigenvalue weighted by Gasteiger charge is -1.88. The van der Waals surface area contributed by atoms with Gasteiger partial charge in [-0.25, -0.2) is 0 Å². The standard InChI is InChI=1S/C9H7/c1-2-5-9-7-3-6-8(9)4-1/h1,5,7H,2,6H2/q+1. The molecule has 0 amide bonds. The van der Waals surface area contributed by atoms with Crippen molar-refractivity contribution in [2.24, 2.45) is 0 Å². The summed E-state index contributed by atoms with van der Waals surface area (Å²) in [5.74, 6) is 0. The normalized spacial score (nSPS) is 20.4. The quantitative estimate of drug-likeness (QED) is 0.335. The van der Waals surface area contributed by atoms with E-state index < -0.39 is 0 Å². The van der Waals surface area contributed by atoms with Gasteiger partial charge < -0.3 is 0 Å². The van der Waals surface area contributed by atoms with Gasteiger partial charge in [-0.15, -0.1) is 0 Å². The molecule has 0 fully saturated rings. The average Bonchev–Trinajstić information content (AvgIpc) is 2.33. The molecule has 0 aromatic carbocycles. The van der Waals surface area contributed by atoms with Gasteiger partial charge in [0, 0.05) is 12.5 Å². The van der Waals surface area contributed by atoms with E-state index in [1.165, 1.54) is 11.1 Å². The van der Waals surface area contributed by atoms with Crippen LogP contribution < -0.4 is 0 Å². The highest BCUT2D eigenvalue weighted by Gasteiger charge is 2.19. The van der Waals surface area contributed by atoms with Crippen LogP contribution in [0.5, 0.6) is 0 Å². The van der Waals surface area contributed by atoms with E-state index in [1.54, 1.807) is 0 Å². The molecule has 0 saturated heterocycles. The van der Waals surface area contributed by atoms with Crippen LogP contribution in [-0.4, -0.2) is 0 Å². The summed E-state index contributed by atoms with van der Waals surface area (Å²) in [7, 11) is 0. The van der Waals surface area contributed by atoms with Gasteiger partial charge in [-0.1, -0.05) is 5.73 Å². The monoisotopic (exact) mass is 115 g/mol. The van der Waals surface area contributed by atoms with Crippen LogP contribution in [0.4, 0.5) is 0 Å². The molecule has 0 spiro atoms. The summed E-state index contributed by atoms with van der Waals surface area (Å²) in [6.07, 6.45) is 11.5. The van der Waals surface area contributed by atoms with E-state index in [1.807, 2.05) is 0 Å². The molecule has 0 aliphatic heterocycles. The lowest BCUT2D eigenvalue weighted by atomic mass is 10.1. The van der Waals surface area contributed by atoms with Crippen molar-refractivity contribution in [2.75, 3.05) is 0 Å². The Hall–Kier alpha value is -1.09. The van der Waals surface area contributed by atoms with Crippen molar-refractivity contribution in [2.45, 2.75) is 12.8 Å². The minimum Gasteiger partial charge on any atom is -0.0957 e. The summed E-state index contributed by atoms with van der Waals surface area (Å²) in [4.78, 5) is 0. The first kappa shape index (κ1) is 4.76. The molecule has 2 rings (SSSR count). The molecule has 0 heterocycles. The molecule has 0 unspecified atom stereocenters. The van der Waals surface area contributed by atoms with Crippen LogP contribution in [0.1, 0.15) is 12.8 Å². The van der Waals surface area contributed by atoms with Gasteiger partial charge in [-0.05, 0) is 6.08 Å². The molecule has 42 valence electrons. The zero-order valence-electron chi connectivity index (χ0n) is 5.15. The number of hydrogen-bond acceptors (Lipinski definition) is 0. The second kappa shape index (κ2) is 1.70. The summed E-state index contributed by atoms with van der Waals surface area (Å²) in [6.45, 7) is 0. The van der Waals surface area contributed by atoms with Crippen LogP contribution in [0.25, 0.3) is 0 Å². The predicted octanol–water partition coefficient (Wildman–Crippen LogP) is 2.16. The smallest absolute Gasteiger partial charge is 0.0957 e. The molecule has 0 heteroatoms. The summed E-state index contributed by atoms with van der Waals surface area (Å²) in [5.41, 5.74) is 5.85. The largest absolute Gasteiger partial charge is 0.163 e. The second-order valence-electron chi connectivity index (χ2n) is 2.25. The molecule has 0 saturated carbocycles. The van der Waals surface area contributed by atoms with Crippen molar-refractivity contribution in [3.8, 4) is 0 Å². The predicted molar refractivity (Wildman–Crippen MR) is 36.7 cm³/mol. The molecule has 9 heavy (non-hydrogen) atoms. The molecule has 0 atom stereocenters. The third kappa shape index (κ3) is 0.658. The third-order valence-electron chi connectivity index (χ3n) is 1.62. The summed E-state index contributed by atoms with van der Waals surface area (Å²) < 4.78 is 0. The molecule has 2 aliphatic carbocycles. The molecule has 0 aromatic rings. The number of fused-ring (bicyclic) bond motifs is 1. The topological polar surface area (TPSA) is 0 Å². The molecular formula is C9H7+. The van der Waals surface area contributed by atoms with E-state index in [9.17, 15) is 0 Å². The van der Waals surface area contributed by atoms with Crippen LogP contribution in [0, 0.1) is 6.08 Å². The zero-order valence-corrected chi connectivity index (χ0v) is 5.15. The Morgan fingerprint density at radius 2 is 2.56 bits per heavy atom. The van der Waals surface area contributed by atoms with Crippen LogP contribution in [-0.2, 0) is 0 Å². The van der Waals surface area contributed by atoms with E-state index in [-0.39, 0.29) is 0 Å². The van der Waals surface area contributed by atoms with Gasteiger partial charge in [0.25, 0.3) is 0 Å². The first-order valence-corrected chi connectivity index (χ1v) is 3.18. The maximum atomic E-state index is 3.21. The SMILES string of the molecule is C1=CCC=C2C=[C+]CC=12. The highest BCUT2D eigenvalue weighted by atomic mass is 14.1. The van der Waals surface area contributed by atoms with Crippen LogP contribution in [0.3, 0.4) is 0 Å². The first-order valence-electron chi connectivity index (χ1n) is 3.18. The lowest BCUT2D eigenvalue weighted by Crippen LogP contribution is -1.80. The van der Waals surface area contributed by atoms with Gasteiger partial charge in [0.2, 0.25) is 0 Å². The number of allylic oxidation sites excluding steroid dienone is 5. The van der Waals surface area contributed by atoms with Gasteiger partial charge in [-0.2, -0.15) is 0 Å². The Balaban J connectivity index is 2.54. The summed E-state index contributed by atoms with van der Waals surface area (Å²) >= 11 is 0. The second-order valence-corrected chi connectivity index (χ2v) is 2.25. The maximum absolute atomic E-state index is 3.21. The van der Waals surface area contributed by atoms with Gasteiger partial charge in [0.05, 0.1) is 6.08 Å². The van der Waals surface area contributed by atoms with Crippen molar-refractivity contribution in [3.63, 3.8) is 0 Å². The Kier molecular flexibility index (Phi) is 0.899. The Morgan fingerprint density at radius 3 is 3.44 bits per heavy atom. The van der Waals surface area contributed by atoms with Crippen molar-refractivity contribution >= 4 is 0 Å². The van der Waals surface area contributed by atoms with Crippen LogP contribution in [0.15, 0.2) is 35.1 Å². The van der Waals surface area contributed by atoms with Crippen molar-refractivity contribution in [1.82, 2.24) is 0 Å². The molecule has 0 radical (unpaired) electrons. The fraction of sp³-hybridized carbons (Fsp3) is 0.222. The number of hydrogen-bond donors (Lipinski definition) is 0. The third-order valence-corrected chi connectivity index (χ3v) is 1.62. The minimum atomic E-state index is 0.961. The minimum absolute atomic E-state index is 0.961. The Morgan fingerprint density at radius 1 is 1.56 bits per heavy atom. The molecule has 0 bridgehead atoms. The van der Waals surface area contributed by atoms with Gasteiger partial charge >= 0.3 is 0 Å². The molecule has 0 aromatic heterocycles. The lowest BCUT2D eigenvalue weighted by molar-refractivity contribution is 1.24. The molecular weight excluding hydrogens is 108 g/mol. The first-order chi connectivity index (χ1) is 4.47. The molecule has 2 aliphatic rings. The van der Waals surface area contributed by atoms with E-state index in [4.69, 9.17) is 0 Å². The van der Waals surface area contributed by atoms with E-state index in [0.717, 1.165) is 12.8 Å². The van der Waals surface area contributed by atoms with E-state index in [2.05, 4.69) is 30.0 Å². The van der Waals surface area contributed by atoms with Crippen molar-refractivity contribution in [1.29, 1.82) is 0 Å². The van der Waals surface area contributed by atoms with E-state index in [0.29, 0.717) is 0 Å². The summed E-state index contributed by atoms with van der Waals surface area (Å²) in [6, 6.07) is 0. The van der Waals surface area contributed by atoms with Crippen LogP contribution in [0.2, 0.25) is 0 Å². The average molecular weight is 115 g/mol. The Labute approximate surface area is 54.9 Å². The molecule has 0 N–H and O–H groups in total. The van der Waals surface area contributed by atoms with Crippen LogP contribution >= 0.6 is 0 Å². The highest BCUT2D eigenvalue weighted by molar-refractivity contribution is 5.45. The van der Waals surface area contributed by atoms with Gasteiger partial charge in [0.1, 0.15) is 17.6 Å². The van der Waals surface area contributed by atoms with Gasteiger partial charge in [-0.3, -0.25) is 0 Å². The highest BCUT2D eigenvalue weighted by Crippen LogP contribution is 2.24. The van der Waals surface area contributed by atoms with Crippen molar-refractivity contribution in [3.05, 3.63) is 41.2 Å². The zero-order chi connectivity index (χ0) is 6.10.